The number of morpholine rings is 1. The van der Waals surface area contributed by atoms with Crippen molar-refractivity contribution in [3.63, 3.8) is 0 Å². The normalized spacial score (nSPS) is 23.3. The lowest BCUT2D eigenvalue weighted by Gasteiger charge is -2.35. The summed E-state index contributed by atoms with van der Waals surface area (Å²) >= 11 is 0. The molecule has 104 valence electrons. The zero-order valence-corrected chi connectivity index (χ0v) is 11.3. The van der Waals surface area contributed by atoms with Crippen LogP contribution in [0.3, 0.4) is 0 Å². The number of likely N-dealkylation sites (tertiary alicyclic amines) is 1. The fourth-order valence-corrected chi connectivity index (χ4v) is 2.67. The van der Waals surface area contributed by atoms with Crippen LogP contribution in [-0.4, -0.2) is 75.4 Å². The molecule has 2 heterocycles. The van der Waals surface area contributed by atoms with Crippen LogP contribution < -0.4 is 0 Å². The highest BCUT2D eigenvalue weighted by atomic mass is 16.5. The number of carbonyl (C=O) groups excluding carboxylic acids is 1. The van der Waals surface area contributed by atoms with Crippen molar-refractivity contribution in [2.24, 2.45) is 5.92 Å². The molecule has 2 saturated heterocycles. The number of ether oxygens (including phenoxy) is 2. The Morgan fingerprint density at radius 3 is 2.50 bits per heavy atom. The van der Waals surface area contributed by atoms with E-state index in [1.54, 1.807) is 7.11 Å². The van der Waals surface area contributed by atoms with Gasteiger partial charge in [0, 0.05) is 32.7 Å². The molecular weight excluding hydrogens is 232 g/mol. The van der Waals surface area contributed by atoms with E-state index in [1.807, 2.05) is 4.90 Å². The summed E-state index contributed by atoms with van der Waals surface area (Å²) in [6, 6.07) is 0. The maximum Gasteiger partial charge on any atom is 0.225 e. The molecule has 2 aliphatic rings. The van der Waals surface area contributed by atoms with E-state index in [9.17, 15) is 4.79 Å². The first-order chi connectivity index (χ1) is 8.81. The molecule has 0 bridgehead atoms. The lowest BCUT2D eigenvalue weighted by molar-refractivity contribution is -0.141. The van der Waals surface area contributed by atoms with E-state index in [0.29, 0.717) is 19.1 Å². The van der Waals surface area contributed by atoms with Crippen LogP contribution in [0.25, 0.3) is 0 Å². The van der Waals surface area contributed by atoms with Gasteiger partial charge in [0.15, 0.2) is 0 Å². The zero-order valence-electron chi connectivity index (χ0n) is 11.3. The van der Waals surface area contributed by atoms with Gasteiger partial charge >= 0.3 is 0 Å². The topological polar surface area (TPSA) is 42.0 Å². The smallest absolute Gasteiger partial charge is 0.225 e. The number of carbonyl (C=O) groups is 1. The third kappa shape index (κ3) is 3.67. The summed E-state index contributed by atoms with van der Waals surface area (Å²) in [5.41, 5.74) is 0. The van der Waals surface area contributed by atoms with Gasteiger partial charge in [-0.25, -0.2) is 0 Å². The minimum atomic E-state index is 0.224. The van der Waals surface area contributed by atoms with Crippen LogP contribution in [0.2, 0.25) is 0 Å². The monoisotopic (exact) mass is 256 g/mol. The molecule has 0 aromatic carbocycles. The third-order valence-electron chi connectivity index (χ3n) is 3.87. The molecule has 0 N–H and O–H groups in total. The molecule has 0 spiro atoms. The van der Waals surface area contributed by atoms with Gasteiger partial charge in [0.1, 0.15) is 0 Å². The van der Waals surface area contributed by atoms with Gasteiger partial charge in [0.25, 0.3) is 0 Å². The van der Waals surface area contributed by atoms with E-state index in [1.165, 1.54) is 0 Å². The summed E-state index contributed by atoms with van der Waals surface area (Å²) in [4.78, 5) is 16.7. The highest BCUT2D eigenvalue weighted by Gasteiger charge is 2.29. The second-order valence-electron chi connectivity index (χ2n) is 5.05. The summed E-state index contributed by atoms with van der Waals surface area (Å²) in [6.07, 6.45) is 1.97. The molecule has 0 aromatic heterocycles. The largest absolute Gasteiger partial charge is 0.383 e. The Morgan fingerprint density at radius 1 is 1.22 bits per heavy atom. The van der Waals surface area contributed by atoms with Crippen LogP contribution in [0.5, 0.6) is 0 Å². The summed E-state index contributed by atoms with van der Waals surface area (Å²) in [5, 5.41) is 0. The third-order valence-corrected chi connectivity index (χ3v) is 3.87. The lowest BCUT2D eigenvalue weighted by Crippen LogP contribution is -2.47. The molecule has 18 heavy (non-hydrogen) atoms. The molecule has 0 saturated carbocycles. The molecule has 2 fully saturated rings. The molecule has 0 atom stereocenters. The molecule has 2 rings (SSSR count). The van der Waals surface area contributed by atoms with Crippen molar-refractivity contribution in [2.45, 2.75) is 12.8 Å². The van der Waals surface area contributed by atoms with E-state index in [0.717, 1.165) is 52.2 Å². The number of amides is 1. The van der Waals surface area contributed by atoms with Gasteiger partial charge < -0.3 is 19.3 Å². The Labute approximate surface area is 109 Å². The summed E-state index contributed by atoms with van der Waals surface area (Å²) in [7, 11) is 1.73. The van der Waals surface area contributed by atoms with Gasteiger partial charge in [-0.2, -0.15) is 0 Å². The number of nitrogens with zero attached hydrogens (tertiary/aromatic N) is 2. The van der Waals surface area contributed by atoms with Crippen LogP contribution in [0.4, 0.5) is 0 Å². The molecule has 2 aliphatic heterocycles. The van der Waals surface area contributed by atoms with Gasteiger partial charge in [-0.05, 0) is 25.9 Å². The Bertz CT molecular complexity index is 259. The van der Waals surface area contributed by atoms with Gasteiger partial charge in [0.05, 0.1) is 19.8 Å². The number of methoxy groups -OCH3 is 1. The number of hydrogen-bond donors (Lipinski definition) is 0. The van der Waals surface area contributed by atoms with Crippen LogP contribution in [0.1, 0.15) is 12.8 Å². The molecule has 0 unspecified atom stereocenters. The van der Waals surface area contributed by atoms with Crippen molar-refractivity contribution in [1.82, 2.24) is 9.80 Å². The number of hydrogen-bond acceptors (Lipinski definition) is 4. The first-order valence-corrected chi connectivity index (χ1v) is 6.89. The predicted octanol–water partition coefficient (Wildman–Crippen LogP) is 0.204. The molecule has 0 aromatic rings. The van der Waals surface area contributed by atoms with Gasteiger partial charge in [0.2, 0.25) is 5.91 Å². The van der Waals surface area contributed by atoms with E-state index < -0.39 is 0 Å². The van der Waals surface area contributed by atoms with Crippen molar-refractivity contribution in [3.05, 3.63) is 0 Å². The highest BCUT2D eigenvalue weighted by Crippen LogP contribution is 2.20. The maximum atomic E-state index is 12.3. The number of piperidine rings is 1. The fourth-order valence-electron chi connectivity index (χ4n) is 2.67. The van der Waals surface area contributed by atoms with Crippen LogP contribution in [-0.2, 0) is 14.3 Å². The SMILES string of the molecule is COCCN1CCC(C(=O)N2CCOCC2)CC1. The molecular formula is C13H24N2O3. The molecule has 5 nitrogen and oxygen atoms in total. The van der Waals surface area contributed by atoms with Crippen molar-refractivity contribution < 1.29 is 14.3 Å². The van der Waals surface area contributed by atoms with Crippen molar-refractivity contribution in [2.75, 3.05) is 59.7 Å². The minimum Gasteiger partial charge on any atom is -0.383 e. The fraction of sp³-hybridized carbons (Fsp3) is 0.923. The van der Waals surface area contributed by atoms with Crippen molar-refractivity contribution in [3.8, 4) is 0 Å². The molecule has 1 amide bonds. The average Bonchev–Trinajstić information content (AvgIpc) is 2.46. The standard InChI is InChI=1S/C13H24N2O3/c1-17-9-6-14-4-2-12(3-5-14)13(16)15-7-10-18-11-8-15/h12H,2-11H2,1H3. The maximum absolute atomic E-state index is 12.3. The van der Waals surface area contributed by atoms with E-state index in [-0.39, 0.29) is 5.92 Å². The average molecular weight is 256 g/mol. The van der Waals surface area contributed by atoms with Crippen LogP contribution in [0, 0.1) is 5.92 Å². The van der Waals surface area contributed by atoms with E-state index in [4.69, 9.17) is 9.47 Å². The molecule has 5 heteroatoms. The number of rotatable bonds is 4. The Balaban J connectivity index is 1.73. The Kier molecular flexibility index (Phi) is 5.41. The van der Waals surface area contributed by atoms with Crippen molar-refractivity contribution in [1.29, 1.82) is 0 Å². The first-order valence-electron chi connectivity index (χ1n) is 6.89. The van der Waals surface area contributed by atoms with E-state index in [2.05, 4.69) is 4.90 Å². The summed E-state index contributed by atoms with van der Waals surface area (Å²) < 4.78 is 10.4. The second-order valence-corrected chi connectivity index (χ2v) is 5.05. The predicted molar refractivity (Wildman–Crippen MR) is 68.4 cm³/mol. The minimum absolute atomic E-state index is 0.224. The van der Waals surface area contributed by atoms with Crippen LogP contribution >= 0.6 is 0 Å². The lowest BCUT2D eigenvalue weighted by atomic mass is 9.95. The van der Waals surface area contributed by atoms with E-state index >= 15 is 0 Å². The van der Waals surface area contributed by atoms with Gasteiger partial charge in [-0.3, -0.25) is 4.79 Å². The Hall–Kier alpha value is -0.650. The highest BCUT2D eigenvalue weighted by molar-refractivity contribution is 5.79. The summed E-state index contributed by atoms with van der Waals surface area (Å²) in [5.74, 6) is 0.562. The summed E-state index contributed by atoms with van der Waals surface area (Å²) in [6.45, 7) is 6.72. The molecule has 0 radical (unpaired) electrons. The quantitative estimate of drug-likeness (QED) is 0.721. The van der Waals surface area contributed by atoms with Gasteiger partial charge in [-0.15, -0.1) is 0 Å². The first kappa shape index (κ1) is 13.8. The second kappa shape index (κ2) is 7.07. The van der Waals surface area contributed by atoms with Gasteiger partial charge in [-0.1, -0.05) is 0 Å². The zero-order chi connectivity index (χ0) is 12.8. The molecule has 0 aliphatic carbocycles. The van der Waals surface area contributed by atoms with Crippen molar-refractivity contribution >= 4 is 5.91 Å². The van der Waals surface area contributed by atoms with Crippen LogP contribution in [0.15, 0.2) is 0 Å². The Morgan fingerprint density at radius 2 is 1.89 bits per heavy atom.